The Morgan fingerprint density at radius 1 is 1.27 bits per heavy atom. The van der Waals surface area contributed by atoms with Crippen LogP contribution >= 0.6 is 11.8 Å². The minimum Gasteiger partial charge on any atom is -0.325 e. The number of aryl methyl sites for hydroxylation is 2. The molecule has 1 heterocycles. The van der Waals surface area contributed by atoms with E-state index in [1.807, 2.05) is 45.0 Å². The molecule has 4 nitrogen and oxygen atoms in total. The molecule has 0 spiro atoms. The molecule has 5 heteroatoms. The van der Waals surface area contributed by atoms with Crippen LogP contribution in [0.2, 0.25) is 0 Å². The van der Waals surface area contributed by atoms with E-state index in [-0.39, 0.29) is 17.1 Å². The second-order valence-corrected chi connectivity index (χ2v) is 7.87. The normalized spacial score (nSPS) is 11.9. The van der Waals surface area contributed by atoms with E-state index in [2.05, 4.69) is 30.2 Å². The number of pyridine rings is 1. The molecule has 0 fully saturated rings. The van der Waals surface area contributed by atoms with Crippen LogP contribution in [0.3, 0.4) is 0 Å². The van der Waals surface area contributed by atoms with Crippen LogP contribution in [0, 0.1) is 25.2 Å². The molecule has 0 aliphatic rings. The second kappa shape index (κ2) is 8.86. The molecule has 1 N–H and O–H groups in total. The minimum absolute atomic E-state index is 0.0647. The molecule has 26 heavy (non-hydrogen) atoms. The number of aromatic nitrogens is 1. The van der Waals surface area contributed by atoms with Gasteiger partial charge in [-0.2, -0.15) is 5.26 Å². The van der Waals surface area contributed by atoms with Crippen molar-refractivity contribution >= 4 is 23.4 Å². The van der Waals surface area contributed by atoms with Gasteiger partial charge in [-0.3, -0.25) is 4.79 Å². The number of carbonyl (C=O) groups excluding carboxylic acids is 1. The summed E-state index contributed by atoms with van der Waals surface area (Å²) < 4.78 is 0. The SMILES string of the molecule is CCC(Sc1nc(C(C)C)ccc1C#N)C(=O)Nc1ccc(C)cc1C. The Hall–Kier alpha value is -2.32. The summed E-state index contributed by atoms with van der Waals surface area (Å²) in [5.74, 6) is 0.205. The zero-order chi connectivity index (χ0) is 19.3. The molecule has 0 aliphatic heterocycles. The van der Waals surface area contributed by atoms with Gasteiger partial charge in [-0.1, -0.05) is 50.2 Å². The number of nitrogens with one attached hydrogen (secondary N) is 1. The summed E-state index contributed by atoms with van der Waals surface area (Å²) >= 11 is 1.36. The highest BCUT2D eigenvalue weighted by atomic mass is 32.2. The Morgan fingerprint density at radius 3 is 2.58 bits per heavy atom. The number of rotatable bonds is 6. The van der Waals surface area contributed by atoms with Crippen LogP contribution in [0.15, 0.2) is 35.4 Å². The van der Waals surface area contributed by atoms with Gasteiger partial charge in [0.2, 0.25) is 5.91 Å². The van der Waals surface area contributed by atoms with Gasteiger partial charge < -0.3 is 5.32 Å². The first-order valence-electron chi connectivity index (χ1n) is 8.81. The first-order valence-corrected chi connectivity index (χ1v) is 9.69. The molecular weight excluding hydrogens is 342 g/mol. The lowest BCUT2D eigenvalue weighted by Gasteiger charge is -2.17. The molecule has 136 valence electrons. The number of benzene rings is 1. The van der Waals surface area contributed by atoms with Crippen molar-refractivity contribution in [1.82, 2.24) is 4.98 Å². The van der Waals surface area contributed by atoms with Crippen LogP contribution in [0.4, 0.5) is 5.69 Å². The molecule has 2 aromatic rings. The summed E-state index contributed by atoms with van der Waals surface area (Å²) in [7, 11) is 0. The van der Waals surface area contributed by atoms with Crippen LogP contribution in [-0.4, -0.2) is 16.1 Å². The molecule has 0 saturated carbocycles. The summed E-state index contributed by atoms with van der Waals surface area (Å²) in [4.78, 5) is 17.4. The fraction of sp³-hybridized carbons (Fsp3) is 0.381. The molecule has 1 atom stereocenters. The average Bonchev–Trinajstić information content (AvgIpc) is 2.61. The Bertz CT molecular complexity index is 840. The maximum atomic E-state index is 12.8. The molecular formula is C21H25N3OS. The Balaban J connectivity index is 2.22. The van der Waals surface area contributed by atoms with Crippen molar-refractivity contribution in [3.8, 4) is 6.07 Å². The van der Waals surface area contributed by atoms with E-state index in [4.69, 9.17) is 0 Å². The van der Waals surface area contributed by atoms with Gasteiger partial charge >= 0.3 is 0 Å². The topological polar surface area (TPSA) is 65.8 Å². The first kappa shape index (κ1) is 20.0. The summed E-state index contributed by atoms with van der Waals surface area (Å²) in [5, 5.41) is 12.7. The highest BCUT2D eigenvalue weighted by molar-refractivity contribution is 8.00. The number of amides is 1. The smallest absolute Gasteiger partial charge is 0.237 e. The van der Waals surface area contributed by atoms with Crippen molar-refractivity contribution in [2.45, 2.75) is 57.2 Å². The van der Waals surface area contributed by atoms with E-state index in [1.165, 1.54) is 11.8 Å². The van der Waals surface area contributed by atoms with E-state index >= 15 is 0 Å². The Labute approximate surface area is 160 Å². The van der Waals surface area contributed by atoms with E-state index in [1.54, 1.807) is 6.07 Å². The molecule has 1 aromatic heterocycles. The third kappa shape index (κ3) is 4.86. The van der Waals surface area contributed by atoms with E-state index in [0.717, 1.165) is 22.5 Å². The van der Waals surface area contributed by atoms with Gasteiger partial charge in [0.25, 0.3) is 0 Å². The van der Waals surface area contributed by atoms with E-state index in [0.29, 0.717) is 17.0 Å². The molecule has 1 aromatic carbocycles. The standard InChI is InChI=1S/C21H25N3OS/c1-6-19(20(25)23-18-9-7-14(4)11-15(18)5)26-21-16(12-22)8-10-17(24-21)13(2)3/h7-11,13,19H,6H2,1-5H3,(H,23,25). The number of hydrogen-bond acceptors (Lipinski definition) is 4. The molecule has 1 amide bonds. The zero-order valence-corrected chi connectivity index (χ0v) is 16.8. The predicted octanol–water partition coefficient (Wildman–Crippen LogP) is 5.20. The molecule has 1 unspecified atom stereocenters. The first-order chi connectivity index (χ1) is 12.3. The summed E-state index contributed by atoms with van der Waals surface area (Å²) in [6, 6.07) is 11.8. The molecule has 0 aliphatic carbocycles. The number of nitriles is 1. The number of anilines is 1. The molecule has 0 bridgehead atoms. The number of hydrogen-bond donors (Lipinski definition) is 1. The van der Waals surface area contributed by atoms with Gasteiger partial charge in [-0.25, -0.2) is 4.98 Å². The maximum Gasteiger partial charge on any atom is 0.237 e. The van der Waals surface area contributed by atoms with E-state index < -0.39 is 0 Å². The zero-order valence-electron chi connectivity index (χ0n) is 16.0. The monoisotopic (exact) mass is 367 g/mol. The predicted molar refractivity (Wildman–Crippen MR) is 108 cm³/mol. The van der Waals surface area contributed by atoms with Crippen LogP contribution in [0.1, 0.15) is 55.5 Å². The van der Waals surface area contributed by atoms with Gasteiger partial charge in [0, 0.05) is 11.4 Å². The molecule has 0 saturated heterocycles. The van der Waals surface area contributed by atoms with Crippen molar-refractivity contribution in [1.29, 1.82) is 5.26 Å². The highest BCUT2D eigenvalue weighted by Gasteiger charge is 2.21. The third-order valence-corrected chi connectivity index (χ3v) is 5.52. The largest absolute Gasteiger partial charge is 0.325 e. The van der Waals surface area contributed by atoms with Gasteiger partial charge in [0.1, 0.15) is 11.1 Å². The third-order valence-electron chi connectivity index (χ3n) is 4.15. The maximum absolute atomic E-state index is 12.8. The van der Waals surface area contributed by atoms with Gasteiger partial charge in [0.15, 0.2) is 0 Å². The molecule has 0 radical (unpaired) electrons. The lowest BCUT2D eigenvalue weighted by atomic mass is 10.1. The summed E-state index contributed by atoms with van der Waals surface area (Å²) in [6.07, 6.45) is 0.653. The van der Waals surface area contributed by atoms with Crippen molar-refractivity contribution in [2.75, 3.05) is 5.32 Å². The van der Waals surface area contributed by atoms with Gasteiger partial charge in [0.05, 0.1) is 10.8 Å². The van der Waals surface area contributed by atoms with Crippen molar-refractivity contribution in [2.24, 2.45) is 0 Å². The minimum atomic E-state index is -0.308. The number of thioether (sulfide) groups is 1. The fourth-order valence-electron chi connectivity index (χ4n) is 2.58. The average molecular weight is 368 g/mol. The van der Waals surface area contributed by atoms with E-state index in [9.17, 15) is 10.1 Å². The quantitative estimate of drug-likeness (QED) is 0.712. The molecule has 2 rings (SSSR count). The van der Waals surface area contributed by atoms with Crippen molar-refractivity contribution < 1.29 is 4.79 Å². The van der Waals surface area contributed by atoms with Crippen molar-refractivity contribution in [3.05, 3.63) is 52.7 Å². The van der Waals surface area contributed by atoms with Crippen LogP contribution in [-0.2, 0) is 4.79 Å². The van der Waals surface area contributed by atoms with Crippen LogP contribution < -0.4 is 5.32 Å². The number of nitrogens with zero attached hydrogens (tertiary/aromatic N) is 2. The van der Waals surface area contributed by atoms with Crippen molar-refractivity contribution in [3.63, 3.8) is 0 Å². The fourth-order valence-corrected chi connectivity index (χ4v) is 3.58. The van der Waals surface area contributed by atoms with Crippen LogP contribution in [0.25, 0.3) is 0 Å². The van der Waals surface area contributed by atoms with Gasteiger partial charge in [-0.15, -0.1) is 0 Å². The summed E-state index contributed by atoms with van der Waals surface area (Å²) in [6.45, 7) is 10.1. The lowest BCUT2D eigenvalue weighted by Crippen LogP contribution is -2.25. The Kier molecular flexibility index (Phi) is 6.82. The lowest BCUT2D eigenvalue weighted by molar-refractivity contribution is -0.115. The Morgan fingerprint density at radius 2 is 2.00 bits per heavy atom. The number of carbonyl (C=O) groups is 1. The highest BCUT2D eigenvalue weighted by Crippen LogP contribution is 2.29. The van der Waals surface area contributed by atoms with Gasteiger partial charge in [-0.05, 0) is 49.9 Å². The second-order valence-electron chi connectivity index (χ2n) is 6.68. The van der Waals surface area contributed by atoms with Crippen LogP contribution in [0.5, 0.6) is 0 Å². The summed E-state index contributed by atoms with van der Waals surface area (Å²) in [5.41, 5.74) is 4.46.